The van der Waals surface area contributed by atoms with Gasteiger partial charge >= 0.3 is 0 Å². The van der Waals surface area contributed by atoms with Crippen molar-refractivity contribution in [3.05, 3.63) is 35.1 Å². The number of nitrogens with one attached hydrogen (secondary N) is 1. The third-order valence-corrected chi connectivity index (χ3v) is 4.49. The molecule has 1 aromatic rings. The van der Waals surface area contributed by atoms with Crippen molar-refractivity contribution in [1.29, 1.82) is 0 Å². The molecule has 0 radical (unpaired) electrons. The quantitative estimate of drug-likeness (QED) is 0.791. The molecule has 0 heterocycles. The zero-order valence-corrected chi connectivity index (χ0v) is 13.0. The molecule has 1 aliphatic carbocycles. The Hall–Kier alpha value is -1.03. The van der Waals surface area contributed by atoms with E-state index in [2.05, 4.69) is 26.1 Å². The third-order valence-electron chi connectivity index (χ3n) is 4.49. The summed E-state index contributed by atoms with van der Waals surface area (Å²) in [5, 5.41) is 3.41. The molecule has 1 aliphatic rings. The molecular formula is C17H24F3N. The van der Waals surface area contributed by atoms with Crippen molar-refractivity contribution in [3.63, 3.8) is 0 Å². The van der Waals surface area contributed by atoms with Crippen LogP contribution in [0.5, 0.6) is 0 Å². The molecule has 0 bridgehead atoms. The highest BCUT2D eigenvalue weighted by Gasteiger charge is 2.33. The predicted octanol–water partition coefficient (Wildman–Crippen LogP) is 4.80. The fourth-order valence-corrected chi connectivity index (χ4v) is 3.37. The van der Waals surface area contributed by atoms with Crippen LogP contribution < -0.4 is 5.32 Å². The van der Waals surface area contributed by atoms with Gasteiger partial charge in [-0.2, -0.15) is 0 Å². The highest BCUT2D eigenvalue weighted by Crippen LogP contribution is 2.38. The Morgan fingerprint density at radius 2 is 1.62 bits per heavy atom. The molecule has 0 amide bonds. The SMILES string of the molecule is CC(C)(C)C1CCCCC1NCc1cc(F)c(F)c(F)c1. The minimum absolute atomic E-state index is 0.206. The first-order valence-electron chi connectivity index (χ1n) is 7.66. The molecule has 2 atom stereocenters. The summed E-state index contributed by atoms with van der Waals surface area (Å²) in [5.74, 6) is -3.10. The molecule has 21 heavy (non-hydrogen) atoms. The lowest BCUT2D eigenvalue weighted by molar-refractivity contribution is 0.130. The maximum Gasteiger partial charge on any atom is 0.194 e. The largest absolute Gasteiger partial charge is 0.310 e. The first-order chi connectivity index (χ1) is 9.79. The van der Waals surface area contributed by atoms with Gasteiger partial charge in [-0.1, -0.05) is 33.6 Å². The number of halogens is 3. The molecule has 0 spiro atoms. The lowest BCUT2D eigenvalue weighted by atomic mass is 9.69. The van der Waals surface area contributed by atoms with Crippen LogP contribution in [0.1, 0.15) is 52.0 Å². The fourth-order valence-electron chi connectivity index (χ4n) is 3.37. The van der Waals surface area contributed by atoms with Gasteiger partial charge in [-0.15, -0.1) is 0 Å². The van der Waals surface area contributed by atoms with Gasteiger partial charge in [0.1, 0.15) is 0 Å². The zero-order chi connectivity index (χ0) is 15.6. The standard InChI is InChI=1S/C17H24F3N/c1-17(2,3)12-6-4-5-7-15(12)21-10-11-8-13(18)16(20)14(19)9-11/h8-9,12,15,21H,4-7,10H2,1-3H3. The van der Waals surface area contributed by atoms with Crippen LogP contribution in [0.15, 0.2) is 12.1 Å². The summed E-state index contributed by atoms with van der Waals surface area (Å²) in [4.78, 5) is 0. The molecule has 1 aromatic carbocycles. The van der Waals surface area contributed by atoms with E-state index < -0.39 is 17.5 Å². The average molecular weight is 299 g/mol. The van der Waals surface area contributed by atoms with Crippen molar-refractivity contribution in [3.8, 4) is 0 Å². The fraction of sp³-hybridized carbons (Fsp3) is 0.647. The van der Waals surface area contributed by atoms with E-state index in [4.69, 9.17) is 0 Å². The van der Waals surface area contributed by atoms with Gasteiger partial charge in [0.15, 0.2) is 17.5 Å². The third kappa shape index (κ3) is 4.00. The smallest absolute Gasteiger partial charge is 0.194 e. The lowest BCUT2D eigenvalue weighted by Gasteiger charge is -2.41. The molecule has 2 rings (SSSR count). The Kier molecular flexibility index (Phi) is 4.97. The van der Waals surface area contributed by atoms with Gasteiger partial charge in [0, 0.05) is 12.6 Å². The van der Waals surface area contributed by atoms with Crippen LogP contribution in [-0.2, 0) is 6.54 Å². The van der Waals surface area contributed by atoms with E-state index in [1.807, 2.05) is 0 Å². The van der Waals surface area contributed by atoms with Gasteiger partial charge in [-0.3, -0.25) is 0 Å². The molecule has 0 aliphatic heterocycles. The zero-order valence-electron chi connectivity index (χ0n) is 13.0. The topological polar surface area (TPSA) is 12.0 Å². The Morgan fingerprint density at radius 3 is 2.19 bits per heavy atom. The van der Waals surface area contributed by atoms with E-state index >= 15 is 0 Å². The van der Waals surface area contributed by atoms with Crippen LogP contribution in [0.4, 0.5) is 13.2 Å². The Morgan fingerprint density at radius 1 is 1.05 bits per heavy atom. The van der Waals surface area contributed by atoms with Crippen molar-refractivity contribution < 1.29 is 13.2 Å². The molecular weight excluding hydrogens is 275 g/mol. The molecule has 0 aromatic heterocycles. The van der Waals surface area contributed by atoms with Gasteiger partial charge in [-0.05, 0) is 41.9 Å². The van der Waals surface area contributed by atoms with Gasteiger partial charge in [0.05, 0.1) is 0 Å². The summed E-state index contributed by atoms with van der Waals surface area (Å²) in [6, 6.07) is 2.48. The molecule has 1 nitrogen and oxygen atoms in total. The van der Waals surface area contributed by atoms with Gasteiger partial charge < -0.3 is 5.32 Å². The average Bonchev–Trinajstić information content (AvgIpc) is 2.41. The number of benzene rings is 1. The molecule has 2 unspecified atom stereocenters. The Balaban J connectivity index is 2.04. The maximum absolute atomic E-state index is 13.2. The van der Waals surface area contributed by atoms with E-state index in [9.17, 15) is 13.2 Å². The summed E-state index contributed by atoms with van der Waals surface area (Å²) in [5.41, 5.74) is 0.654. The number of hydrogen-bond donors (Lipinski definition) is 1. The lowest BCUT2D eigenvalue weighted by Crippen LogP contribution is -2.43. The monoisotopic (exact) mass is 299 g/mol. The molecule has 118 valence electrons. The first kappa shape index (κ1) is 16.3. The number of hydrogen-bond acceptors (Lipinski definition) is 1. The maximum atomic E-state index is 13.2. The van der Waals surface area contributed by atoms with Crippen molar-refractivity contribution >= 4 is 0 Å². The summed E-state index contributed by atoms with van der Waals surface area (Å²) in [6.45, 7) is 7.06. The highest BCUT2D eigenvalue weighted by atomic mass is 19.2. The minimum Gasteiger partial charge on any atom is -0.310 e. The first-order valence-corrected chi connectivity index (χ1v) is 7.66. The second-order valence-corrected chi connectivity index (χ2v) is 7.12. The molecule has 1 fully saturated rings. The second kappa shape index (κ2) is 6.39. The van der Waals surface area contributed by atoms with E-state index in [1.165, 1.54) is 19.3 Å². The van der Waals surface area contributed by atoms with Gasteiger partial charge in [-0.25, -0.2) is 13.2 Å². The normalized spacial score (nSPS) is 23.3. The van der Waals surface area contributed by atoms with Crippen molar-refractivity contribution in [2.24, 2.45) is 11.3 Å². The Labute approximate surface area is 124 Å². The molecule has 1 saturated carbocycles. The molecule has 4 heteroatoms. The minimum atomic E-state index is -1.40. The van der Waals surface area contributed by atoms with E-state index in [1.54, 1.807) is 0 Å². The van der Waals surface area contributed by atoms with E-state index in [0.717, 1.165) is 18.6 Å². The van der Waals surface area contributed by atoms with Crippen LogP contribution in [0.2, 0.25) is 0 Å². The summed E-state index contributed by atoms with van der Waals surface area (Å²) in [6.07, 6.45) is 4.66. The Bertz CT molecular complexity index is 470. The van der Waals surface area contributed by atoms with Crippen LogP contribution in [0.3, 0.4) is 0 Å². The molecule has 0 saturated heterocycles. The van der Waals surface area contributed by atoms with Crippen LogP contribution in [-0.4, -0.2) is 6.04 Å². The van der Waals surface area contributed by atoms with Crippen LogP contribution >= 0.6 is 0 Å². The summed E-state index contributed by atoms with van der Waals surface area (Å²) in [7, 11) is 0. The van der Waals surface area contributed by atoms with Crippen molar-refractivity contribution in [2.75, 3.05) is 0 Å². The summed E-state index contributed by atoms with van der Waals surface area (Å²) >= 11 is 0. The van der Waals surface area contributed by atoms with Crippen molar-refractivity contribution in [1.82, 2.24) is 5.32 Å². The van der Waals surface area contributed by atoms with E-state index in [0.29, 0.717) is 24.1 Å². The van der Waals surface area contributed by atoms with Gasteiger partial charge in [0.2, 0.25) is 0 Å². The second-order valence-electron chi connectivity index (χ2n) is 7.12. The van der Waals surface area contributed by atoms with Crippen LogP contribution in [0.25, 0.3) is 0 Å². The van der Waals surface area contributed by atoms with E-state index in [-0.39, 0.29) is 5.41 Å². The van der Waals surface area contributed by atoms with Gasteiger partial charge in [0.25, 0.3) is 0 Å². The van der Waals surface area contributed by atoms with Crippen LogP contribution in [0, 0.1) is 28.8 Å². The highest BCUT2D eigenvalue weighted by molar-refractivity contribution is 5.19. The number of rotatable bonds is 3. The predicted molar refractivity (Wildman–Crippen MR) is 78.4 cm³/mol. The van der Waals surface area contributed by atoms with Crippen molar-refractivity contribution in [2.45, 2.75) is 59.0 Å². The molecule has 1 N–H and O–H groups in total. The summed E-state index contributed by atoms with van der Waals surface area (Å²) < 4.78 is 39.4.